The van der Waals surface area contributed by atoms with Crippen LogP contribution in [0.15, 0.2) is 23.6 Å². The molecule has 10 heteroatoms. The Bertz CT molecular complexity index is 933. The van der Waals surface area contributed by atoms with E-state index in [2.05, 4.69) is 15.2 Å². The number of amides is 2. The second kappa shape index (κ2) is 9.62. The molecule has 2 aliphatic rings. The number of nitrogens with zero attached hydrogens (tertiary/aromatic N) is 3. The molecule has 1 N–H and O–H groups in total. The van der Waals surface area contributed by atoms with Crippen molar-refractivity contribution in [3.63, 3.8) is 0 Å². The Morgan fingerprint density at radius 2 is 2.03 bits per heavy atom. The number of rotatable bonds is 5. The van der Waals surface area contributed by atoms with Crippen molar-refractivity contribution in [2.75, 3.05) is 38.2 Å². The van der Waals surface area contributed by atoms with E-state index in [0.29, 0.717) is 33.7 Å². The quantitative estimate of drug-likeness (QED) is 0.726. The zero-order valence-corrected chi connectivity index (χ0v) is 18.6. The molecule has 2 saturated heterocycles. The molecule has 1 unspecified atom stereocenters. The van der Waals surface area contributed by atoms with E-state index in [1.807, 2.05) is 5.38 Å². The lowest BCUT2D eigenvalue weighted by molar-refractivity contribution is -0.119. The maximum absolute atomic E-state index is 13.0. The maximum atomic E-state index is 13.0. The summed E-state index contributed by atoms with van der Waals surface area (Å²) >= 11 is 13.6. The number of halogens is 2. The third-order valence-electron chi connectivity index (χ3n) is 5.25. The van der Waals surface area contributed by atoms with Crippen LogP contribution in [-0.2, 0) is 16.1 Å². The highest BCUT2D eigenvalue weighted by Crippen LogP contribution is 2.27. The van der Waals surface area contributed by atoms with Gasteiger partial charge in [-0.05, 0) is 31.0 Å². The first-order chi connectivity index (χ1) is 14.5. The number of likely N-dealkylation sites (tertiary alicyclic amines) is 1. The molecule has 7 nitrogen and oxygen atoms in total. The summed E-state index contributed by atoms with van der Waals surface area (Å²) in [6, 6.07) is 4.21. The summed E-state index contributed by atoms with van der Waals surface area (Å²) in [4.78, 5) is 34.2. The predicted octanol–water partition coefficient (Wildman–Crippen LogP) is 3.53. The fraction of sp³-hybridized carbons (Fsp3) is 0.450. The third kappa shape index (κ3) is 4.95. The van der Waals surface area contributed by atoms with Crippen LogP contribution in [0, 0.1) is 0 Å². The van der Waals surface area contributed by atoms with Gasteiger partial charge in [0.15, 0.2) is 5.13 Å². The Hall–Kier alpha value is -1.71. The van der Waals surface area contributed by atoms with Gasteiger partial charge >= 0.3 is 0 Å². The van der Waals surface area contributed by atoms with Gasteiger partial charge in [0.25, 0.3) is 5.91 Å². The number of hydrogen-bond acceptors (Lipinski definition) is 6. The largest absolute Gasteiger partial charge is 0.379 e. The number of nitrogens with one attached hydrogen (secondary N) is 1. The van der Waals surface area contributed by atoms with E-state index in [1.54, 1.807) is 17.0 Å². The maximum Gasteiger partial charge on any atom is 0.256 e. The summed E-state index contributed by atoms with van der Waals surface area (Å²) in [5.41, 5.74) is 1.23. The molecule has 0 saturated carbocycles. The van der Waals surface area contributed by atoms with Crippen molar-refractivity contribution >= 4 is 51.5 Å². The van der Waals surface area contributed by atoms with Crippen molar-refractivity contribution in [3.8, 4) is 0 Å². The zero-order valence-electron chi connectivity index (χ0n) is 16.3. The van der Waals surface area contributed by atoms with Crippen LogP contribution in [-0.4, -0.2) is 65.5 Å². The van der Waals surface area contributed by atoms with Gasteiger partial charge < -0.3 is 15.0 Å². The summed E-state index contributed by atoms with van der Waals surface area (Å²) in [7, 11) is 0. The molecule has 0 spiro atoms. The van der Waals surface area contributed by atoms with Crippen LogP contribution < -0.4 is 5.32 Å². The minimum Gasteiger partial charge on any atom is -0.379 e. The van der Waals surface area contributed by atoms with Crippen molar-refractivity contribution in [1.82, 2.24) is 14.8 Å². The van der Waals surface area contributed by atoms with Crippen molar-refractivity contribution < 1.29 is 14.3 Å². The second-order valence-corrected chi connectivity index (χ2v) is 9.00. The molecule has 160 valence electrons. The predicted molar refractivity (Wildman–Crippen MR) is 117 cm³/mol. The number of anilines is 1. The Morgan fingerprint density at radius 1 is 1.23 bits per heavy atom. The highest BCUT2D eigenvalue weighted by Gasteiger charge is 2.35. The van der Waals surface area contributed by atoms with Crippen LogP contribution >= 0.6 is 34.5 Å². The molecule has 1 atom stereocenters. The lowest BCUT2D eigenvalue weighted by Gasteiger charge is -2.25. The van der Waals surface area contributed by atoms with Gasteiger partial charge in [0.05, 0.1) is 29.5 Å². The van der Waals surface area contributed by atoms with Crippen LogP contribution in [0.4, 0.5) is 5.13 Å². The van der Waals surface area contributed by atoms with Gasteiger partial charge in [-0.25, -0.2) is 4.98 Å². The summed E-state index contributed by atoms with van der Waals surface area (Å²) in [6.45, 7) is 4.46. The normalized spacial score (nSPS) is 19.8. The van der Waals surface area contributed by atoms with Gasteiger partial charge in [0.1, 0.15) is 6.04 Å². The Morgan fingerprint density at radius 3 is 2.83 bits per heavy atom. The van der Waals surface area contributed by atoms with Crippen molar-refractivity contribution in [1.29, 1.82) is 0 Å². The molecule has 2 aliphatic heterocycles. The van der Waals surface area contributed by atoms with Gasteiger partial charge in [-0.2, -0.15) is 0 Å². The number of benzene rings is 1. The molecular formula is C20H22Cl2N4O3S. The minimum absolute atomic E-state index is 0.230. The number of aromatic nitrogens is 1. The third-order valence-corrected chi connectivity index (χ3v) is 6.62. The lowest BCUT2D eigenvalue weighted by Crippen LogP contribution is -2.43. The molecule has 3 heterocycles. The fourth-order valence-electron chi connectivity index (χ4n) is 3.71. The number of thiazole rings is 1. The smallest absolute Gasteiger partial charge is 0.256 e. The van der Waals surface area contributed by atoms with E-state index >= 15 is 0 Å². The average Bonchev–Trinajstić information content (AvgIpc) is 3.40. The topological polar surface area (TPSA) is 74.8 Å². The lowest BCUT2D eigenvalue weighted by atomic mass is 10.1. The molecule has 4 rings (SSSR count). The molecule has 1 aromatic carbocycles. The van der Waals surface area contributed by atoms with Gasteiger partial charge in [-0.3, -0.25) is 14.5 Å². The number of ether oxygens (including phenoxy) is 1. The van der Waals surface area contributed by atoms with Crippen LogP contribution in [0.3, 0.4) is 0 Å². The van der Waals surface area contributed by atoms with E-state index in [9.17, 15) is 9.59 Å². The summed E-state index contributed by atoms with van der Waals surface area (Å²) < 4.78 is 5.36. The molecule has 0 aliphatic carbocycles. The molecule has 0 radical (unpaired) electrons. The molecule has 30 heavy (non-hydrogen) atoms. The molecule has 2 aromatic rings. The molecule has 0 bridgehead atoms. The van der Waals surface area contributed by atoms with E-state index < -0.39 is 6.04 Å². The first kappa shape index (κ1) is 21.5. The first-order valence-corrected chi connectivity index (χ1v) is 11.5. The van der Waals surface area contributed by atoms with E-state index in [1.165, 1.54) is 17.4 Å². The monoisotopic (exact) mass is 468 g/mol. The van der Waals surface area contributed by atoms with Crippen molar-refractivity contribution in [2.24, 2.45) is 0 Å². The summed E-state index contributed by atoms with van der Waals surface area (Å²) in [6.07, 6.45) is 1.35. The Balaban J connectivity index is 1.40. The highest BCUT2D eigenvalue weighted by molar-refractivity contribution is 7.13. The van der Waals surface area contributed by atoms with Crippen molar-refractivity contribution in [2.45, 2.75) is 25.4 Å². The van der Waals surface area contributed by atoms with Gasteiger partial charge in [0.2, 0.25) is 5.91 Å². The van der Waals surface area contributed by atoms with Gasteiger partial charge in [0, 0.05) is 36.6 Å². The average molecular weight is 469 g/mol. The number of carbonyl (C=O) groups excluding carboxylic acids is 2. The van der Waals surface area contributed by atoms with E-state index in [0.717, 1.165) is 45.0 Å². The number of morpholine rings is 1. The second-order valence-electron chi connectivity index (χ2n) is 7.30. The van der Waals surface area contributed by atoms with Crippen molar-refractivity contribution in [3.05, 3.63) is 44.9 Å². The van der Waals surface area contributed by atoms with E-state index in [4.69, 9.17) is 27.9 Å². The van der Waals surface area contributed by atoms with Crippen LogP contribution in [0.1, 0.15) is 28.9 Å². The van der Waals surface area contributed by atoms with Crippen LogP contribution in [0.5, 0.6) is 0 Å². The summed E-state index contributed by atoms with van der Waals surface area (Å²) in [5.74, 6) is -0.515. The van der Waals surface area contributed by atoms with Crippen LogP contribution in [0.2, 0.25) is 10.0 Å². The molecule has 1 aromatic heterocycles. The Kier molecular flexibility index (Phi) is 6.90. The van der Waals surface area contributed by atoms with Gasteiger partial charge in [-0.1, -0.05) is 23.2 Å². The standard InChI is InChI=1S/C20H22Cl2N4O3S/c21-13-3-4-16(22)15(10-13)19(28)26-5-1-2-17(26)18(27)24-20-23-14(12-30-20)11-25-6-8-29-9-7-25/h3-4,10,12,17H,1-2,5-9,11H2,(H,23,24,27). The molecular weight excluding hydrogens is 447 g/mol. The van der Waals surface area contributed by atoms with Crippen LogP contribution in [0.25, 0.3) is 0 Å². The SMILES string of the molecule is O=C(Nc1nc(CN2CCOCC2)cs1)C1CCCN1C(=O)c1cc(Cl)ccc1Cl. The number of hydrogen-bond donors (Lipinski definition) is 1. The number of carbonyl (C=O) groups is 2. The Labute approximate surface area is 188 Å². The molecule has 2 amide bonds. The summed E-state index contributed by atoms with van der Waals surface area (Å²) in [5, 5.41) is 6.13. The first-order valence-electron chi connectivity index (χ1n) is 9.82. The molecule has 2 fully saturated rings. The van der Waals surface area contributed by atoms with E-state index in [-0.39, 0.29) is 11.8 Å². The fourth-order valence-corrected chi connectivity index (χ4v) is 4.79. The highest BCUT2D eigenvalue weighted by atomic mass is 35.5. The van der Waals surface area contributed by atoms with Gasteiger partial charge in [-0.15, -0.1) is 11.3 Å². The minimum atomic E-state index is -0.556. The zero-order chi connectivity index (χ0) is 21.1.